The maximum Gasteiger partial charge on any atom is 0.416 e. The number of benzene rings is 3. The Balaban J connectivity index is 1.43. The number of hydrogen-bond acceptors (Lipinski definition) is 7. The molecule has 1 fully saturated rings. The Kier molecular flexibility index (Phi) is 10.2. The van der Waals surface area contributed by atoms with Gasteiger partial charge in [-0.25, -0.2) is 18.2 Å². The molecule has 2 amide bonds. The van der Waals surface area contributed by atoms with Crippen LogP contribution in [-0.4, -0.2) is 72.2 Å². The third-order valence-electron chi connectivity index (χ3n) is 8.49. The molecule has 9 nitrogen and oxygen atoms in total. The number of rotatable bonds is 7. The Hall–Kier alpha value is -3.69. The van der Waals surface area contributed by atoms with Crippen molar-refractivity contribution in [2.75, 3.05) is 32.8 Å². The van der Waals surface area contributed by atoms with Crippen LogP contribution in [-0.2, 0) is 16.2 Å². The van der Waals surface area contributed by atoms with Crippen LogP contribution >= 0.6 is 34.5 Å². The van der Waals surface area contributed by atoms with Crippen molar-refractivity contribution in [1.29, 1.82) is 0 Å². The Morgan fingerprint density at radius 1 is 0.940 bits per heavy atom. The molecule has 0 aliphatic carbocycles. The van der Waals surface area contributed by atoms with E-state index in [1.807, 2.05) is 0 Å². The topological polar surface area (TPSA) is 95.4 Å². The number of thiazole rings is 1. The van der Waals surface area contributed by atoms with E-state index in [0.717, 1.165) is 23.5 Å². The second-order valence-corrected chi connectivity index (χ2v) is 15.9. The van der Waals surface area contributed by atoms with Crippen molar-refractivity contribution in [3.05, 3.63) is 110 Å². The summed E-state index contributed by atoms with van der Waals surface area (Å²) in [6.07, 6.45) is -4.63. The molecule has 4 aromatic rings. The maximum absolute atomic E-state index is 14.8. The molecule has 16 heteroatoms. The minimum Gasteiger partial charge on any atom is -0.493 e. The zero-order valence-corrected chi connectivity index (χ0v) is 30.3. The highest BCUT2D eigenvalue weighted by Crippen LogP contribution is 2.46. The number of aliphatic imine (C=N–C) groups is 1. The van der Waals surface area contributed by atoms with Gasteiger partial charge in [0.2, 0.25) is 0 Å². The number of aryl methyl sites for hydroxylation is 2. The number of aromatic nitrogens is 1. The molecule has 50 heavy (non-hydrogen) atoms. The number of amidine groups is 1. The third-order valence-corrected chi connectivity index (χ3v) is 12.6. The number of carbonyl (C=O) groups is 1. The van der Waals surface area contributed by atoms with E-state index in [4.69, 9.17) is 32.9 Å². The largest absolute Gasteiger partial charge is 0.493 e. The number of piperazine rings is 1. The summed E-state index contributed by atoms with van der Waals surface area (Å²) in [4.78, 5) is 27.1. The average molecular weight is 767 g/mol. The molecule has 0 spiro atoms. The van der Waals surface area contributed by atoms with Crippen molar-refractivity contribution in [3.8, 4) is 5.75 Å². The molecule has 3 aromatic carbocycles. The van der Waals surface area contributed by atoms with Gasteiger partial charge >= 0.3 is 12.2 Å². The van der Waals surface area contributed by atoms with Gasteiger partial charge in [0.05, 0.1) is 34.5 Å². The maximum atomic E-state index is 14.8. The molecule has 2 unspecified atom stereocenters. The number of halogens is 5. The van der Waals surface area contributed by atoms with Crippen molar-refractivity contribution in [1.82, 2.24) is 19.1 Å². The lowest BCUT2D eigenvalue weighted by molar-refractivity contribution is -0.137. The van der Waals surface area contributed by atoms with Gasteiger partial charge < -0.3 is 9.64 Å². The van der Waals surface area contributed by atoms with Crippen LogP contribution in [0.2, 0.25) is 10.0 Å². The zero-order valence-electron chi connectivity index (χ0n) is 27.1. The lowest BCUT2D eigenvalue weighted by atomic mass is 9.93. The number of carbonyl (C=O) groups excluding carboxylic acids is 1. The Morgan fingerprint density at radius 3 is 2.08 bits per heavy atom. The van der Waals surface area contributed by atoms with Gasteiger partial charge in [-0.15, -0.1) is 11.3 Å². The van der Waals surface area contributed by atoms with E-state index in [-0.39, 0.29) is 54.1 Å². The van der Waals surface area contributed by atoms with Crippen LogP contribution in [0.25, 0.3) is 0 Å². The third kappa shape index (κ3) is 7.09. The van der Waals surface area contributed by atoms with Gasteiger partial charge in [-0.05, 0) is 74.4 Å². The molecule has 2 aliphatic heterocycles. The van der Waals surface area contributed by atoms with Crippen molar-refractivity contribution >= 4 is 56.4 Å². The van der Waals surface area contributed by atoms with Crippen molar-refractivity contribution < 1.29 is 31.1 Å². The second kappa shape index (κ2) is 14.1. The summed E-state index contributed by atoms with van der Waals surface area (Å²) in [5, 5.41) is 1.59. The summed E-state index contributed by atoms with van der Waals surface area (Å²) in [7, 11) is -3.85. The lowest BCUT2D eigenvalue weighted by Gasteiger charge is -2.38. The van der Waals surface area contributed by atoms with Gasteiger partial charge in [0, 0.05) is 36.2 Å². The summed E-state index contributed by atoms with van der Waals surface area (Å²) in [5.41, 5.74) is 1.08. The van der Waals surface area contributed by atoms with Gasteiger partial charge in [0.15, 0.2) is 4.21 Å². The van der Waals surface area contributed by atoms with E-state index in [1.165, 1.54) is 20.2 Å². The van der Waals surface area contributed by atoms with Crippen molar-refractivity contribution in [2.24, 2.45) is 4.99 Å². The van der Waals surface area contributed by atoms with Gasteiger partial charge in [-0.1, -0.05) is 47.5 Å². The summed E-state index contributed by atoms with van der Waals surface area (Å²) in [6, 6.07) is 15.0. The monoisotopic (exact) mass is 765 g/mol. The number of sulfonamides is 1. The number of amides is 2. The Morgan fingerprint density at radius 2 is 1.54 bits per heavy atom. The van der Waals surface area contributed by atoms with Gasteiger partial charge in [-0.2, -0.15) is 17.5 Å². The van der Waals surface area contributed by atoms with Crippen LogP contribution in [0.4, 0.5) is 18.0 Å². The normalized spacial score (nSPS) is 18.8. The van der Waals surface area contributed by atoms with Crippen molar-refractivity contribution in [3.63, 3.8) is 0 Å². The first-order valence-corrected chi connectivity index (χ1v) is 18.7. The predicted molar refractivity (Wildman–Crippen MR) is 187 cm³/mol. The number of ether oxygens (including phenoxy) is 1. The molecular formula is C34H32Cl2F3N5O4S2. The Bertz CT molecular complexity index is 2030. The minimum absolute atomic E-state index is 0.0292. The lowest BCUT2D eigenvalue weighted by Crippen LogP contribution is -2.55. The van der Waals surface area contributed by atoms with E-state index >= 15 is 0 Å². The molecule has 0 saturated carbocycles. The quantitative estimate of drug-likeness (QED) is 0.189. The molecule has 264 valence electrons. The van der Waals surface area contributed by atoms with Gasteiger partial charge in [0.1, 0.15) is 17.6 Å². The van der Waals surface area contributed by atoms with Crippen molar-refractivity contribution in [2.45, 2.75) is 43.2 Å². The van der Waals surface area contributed by atoms with Crippen LogP contribution in [0, 0.1) is 13.8 Å². The molecular weight excluding hydrogens is 734 g/mol. The molecule has 2 aliphatic rings. The van der Waals surface area contributed by atoms with Crippen LogP contribution in [0.1, 0.15) is 52.0 Å². The first-order chi connectivity index (χ1) is 23.7. The average Bonchev–Trinajstić information content (AvgIpc) is 3.64. The number of alkyl halides is 3. The number of hydrogen-bond donors (Lipinski definition) is 0. The molecule has 1 aromatic heterocycles. The summed E-state index contributed by atoms with van der Waals surface area (Å²) >= 11 is 13.6. The number of nitrogens with zero attached hydrogens (tertiary/aromatic N) is 5. The predicted octanol–water partition coefficient (Wildman–Crippen LogP) is 8.16. The highest BCUT2D eigenvalue weighted by molar-refractivity contribution is 7.91. The highest BCUT2D eigenvalue weighted by Gasteiger charge is 2.46. The van der Waals surface area contributed by atoms with Gasteiger partial charge in [-0.3, -0.25) is 9.89 Å². The van der Waals surface area contributed by atoms with Crippen LogP contribution in [0.5, 0.6) is 5.75 Å². The summed E-state index contributed by atoms with van der Waals surface area (Å²) in [6.45, 7) is 5.28. The van der Waals surface area contributed by atoms with E-state index < -0.39 is 39.9 Å². The smallest absolute Gasteiger partial charge is 0.416 e. The van der Waals surface area contributed by atoms with Gasteiger partial charge in [0.25, 0.3) is 10.0 Å². The first kappa shape index (κ1) is 36.1. The van der Waals surface area contributed by atoms with E-state index in [9.17, 15) is 26.4 Å². The molecule has 3 heterocycles. The van der Waals surface area contributed by atoms with E-state index in [1.54, 1.807) is 69.3 Å². The molecule has 6 rings (SSSR count). The van der Waals surface area contributed by atoms with E-state index in [0.29, 0.717) is 31.9 Å². The fourth-order valence-corrected chi connectivity index (χ4v) is 9.45. The number of urea groups is 1. The molecule has 2 atom stereocenters. The fraction of sp³-hybridized carbons (Fsp3) is 0.324. The summed E-state index contributed by atoms with van der Waals surface area (Å²) in [5.74, 6) is 0.0227. The second-order valence-electron chi connectivity index (χ2n) is 11.7. The first-order valence-electron chi connectivity index (χ1n) is 15.6. The molecule has 0 radical (unpaired) electrons. The highest BCUT2D eigenvalue weighted by atomic mass is 35.5. The standard InChI is InChI=1S/C34H32Cl2F3N5O4S2/c1-4-48-28-19-24(34(37,38)39)9-14-27(28)31-41-29(22-5-10-25(35)11-6-22)30(23-7-12-26(36)13-8-23)44(31)33(45)42-15-17-43(18-16-42)50(46,47)32-20(2)40-21(3)49-32/h5-14,19,29-30H,4,15-18H2,1-3H3. The van der Waals surface area contributed by atoms with Crippen LogP contribution in [0.3, 0.4) is 0 Å². The van der Waals surface area contributed by atoms with E-state index in [2.05, 4.69) is 4.98 Å². The molecule has 0 N–H and O–H groups in total. The molecule has 1 saturated heterocycles. The Labute approximate surface area is 302 Å². The zero-order chi connectivity index (χ0) is 36.0. The fourth-order valence-electron chi connectivity index (χ4n) is 6.15. The van der Waals surface area contributed by atoms with Crippen LogP contribution in [0.15, 0.2) is 75.9 Å². The SMILES string of the molecule is CCOc1cc(C(F)(F)F)ccc1C1=NC(c2ccc(Cl)cc2)C(c2ccc(Cl)cc2)N1C(=O)N1CCN(S(=O)(=O)c2sc(C)nc2C)CC1. The van der Waals surface area contributed by atoms with Crippen LogP contribution < -0.4 is 4.74 Å². The summed E-state index contributed by atoms with van der Waals surface area (Å²) < 4.78 is 75.7. The molecule has 0 bridgehead atoms. The minimum atomic E-state index is -4.63.